The molecule has 0 bridgehead atoms. The molecule has 2 saturated heterocycles. The topological polar surface area (TPSA) is 76.4 Å². The van der Waals surface area contributed by atoms with Gasteiger partial charge in [0.25, 0.3) is 0 Å². The summed E-state index contributed by atoms with van der Waals surface area (Å²) in [4.78, 5) is 28.0. The molecule has 0 unspecified atom stereocenters. The highest BCUT2D eigenvalue weighted by atomic mass is 16.2. The molecule has 0 atom stereocenters. The molecule has 2 aromatic rings. The van der Waals surface area contributed by atoms with E-state index < -0.39 is 0 Å². The molecule has 2 aliphatic heterocycles. The number of likely N-dealkylation sites (tertiary alicyclic amines) is 2. The Bertz CT molecular complexity index is 880. The van der Waals surface area contributed by atoms with Crippen LogP contribution >= 0.6 is 0 Å². The Balaban J connectivity index is 1.35. The van der Waals surface area contributed by atoms with Crippen molar-refractivity contribution in [3.05, 3.63) is 65.7 Å². The third-order valence-corrected chi connectivity index (χ3v) is 5.06. The number of β-lactam (4-membered cyclic amide) rings is 1. The number of carbonyl (C=O) groups excluding carboxylic acids is 2. The van der Waals surface area contributed by atoms with Gasteiger partial charge in [-0.2, -0.15) is 5.26 Å². The number of rotatable bonds is 3. The summed E-state index contributed by atoms with van der Waals surface area (Å²) in [5.41, 5.74) is 2.09. The Kier molecular flexibility index (Phi) is 3.85. The Hall–Kier alpha value is -3.33. The average Bonchev–Trinajstić information content (AvgIpc) is 2.63. The largest absolute Gasteiger partial charge is 0.329 e. The number of carbonyl (C=O) groups is 2. The van der Waals surface area contributed by atoms with Crippen LogP contribution in [-0.4, -0.2) is 40.4 Å². The van der Waals surface area contributed by atoms with Gasteiger partial charge in [0.2, 0.25) is 5.91 Å². The second-order valence-corrected chi connectivity index (χ2v) is 6.84. The van der Waals surface area contributed by atoms with Crippen molar-refractivity contribution in [2.75, 3.05) is 18.4 Å². The first-order valence-electron chi connectivity index (χ1n) is 8.50. The van der Waals surface area contributed by atoms with E-state index in [2.05, 4.69) is 5.32 Å². The predicted molar refractivity (Wildman–Crippen MR) is 96.1 cm³/mol. The van der Waals surface area contributed by atoms with Crippen molar-refractivity contribution in [1.29, 1.82) is 5.26 Å². The van der Waals surface area contributed by atoms with Crippen LogP contribution in [0.2, 0.25) is 0 Å². The van der Waals surface area contributed by atoms with Gasteiger partial charge >= 0.3 is 6.03 Å². The van der Waals surface area contributed by atoms with Crippen LogP contribution in [0.25, 0.3) is 0 Å². The fraction of sp³-hybridized carbons (Fsp3) is 0.250. The Morgan fingerprint density at radius 3 is 2.42 bits per heavy atom. The van der Waals surface area contributed by atoms with E-state index in [0.717, 1.165) is 5.56 Å². The number of hydrogen-bond donors (Lipinski definition) is 1. The van der Waals surface area contributed by atoms with E-state index in [1.807, 2.05) is 41.3 Å². The highest BCUT2D eigenvalue weighted by Gasteiger charge is 2.59. The number of urea groups is 1. The highest BCUT2D eigenvalue weighted by molar-refractivity contribution is 5.92. The summed E-state index contributed by atoms with van der Waals surface area (Å²) in [6.07, 6.45) is 0.500. The van der Waals surface area contributed by atoms with E-state index >= 15 is 0 Å². The van der Waals surface area contributed by atoms with Crippen LogP contribution in [0.4, 0.5) is 10.5 Å². The summed E-state index contributed by atoms with van der Waals surface area (Å²) in [7, 11) is 0. The Morgan fingerprint density at radius 2 is 1.81 bits per heavy atom. The summed E-state index contributed by atoms with van der Waals surface area (Å²) in [6.45, 7) is 1.69. The van der Waals surface area contributed by atoms with Gasteiger partial charge in [0.05, 0.1) is 23.6 Å². The second-order valence-electron chi connectivity index (χ2n) is 6.84. The lowest BCUT2D eigenvalue weighted by atomic mass is 9.76. The van der Waals surface area contributed by atoms with E-state index in [9.17, 15) is 9.59 Å². The van der Waals surface area contributed by atoms with Gasteiger partial charge in [-0.15, -0.1) is 0 Å². The molecule has 4 rings (SSSR count). The molecular formula is C20H18N4O2. The van der Waals surface area contributed by atoms with Crippen LogP contribution in [0.3, 0.4) is 0 Å². The van der Waals surface area contributed by atoms with Crippen LogP contribution in [0.5, 0.6) is 0 Å². The first-order chi connectivity index (χ1) is 12.6. The number of nitriles is 1. The first kappa shape index (κ1) is 16.2. The molecule has 3 amide bonds. The minimum absolute atomic E-state index is 0.140. The van der Waals surface area contributed by atoms with E-state index in [-0.39, 0.29) is 17.5 Å². The zero-order chi connectivity index (χ0) is 18.1. The standard InChI is InChI=1S/C20H18N4O2/c21-11-15-6-8-17(9-7-15)22-19(26)23-13-20(14-23)10-18(25)24(20)12-16-4-2-1-3-5-16/h1-9H,10,12-14H2,(H,22,26). The van der Waals surface area contributed by atoms with Gasteiger partial charge in [0.15, 0.2) is 0 Å². The van der Waals surface area contributed by atoms with Crippen LogP contribution in [0, 0.1) is 11.3 Å². The van der Waals surface area contributed by atoms with Crippen molar-refractivity contribution in [2.45, 2.75) is 18.5 Å². The van der Waals surface area contributed by atoms with Crippen molar-refractivity contribution >= 4 is 17.6 Å². The van der Waals surface area contributed by atoms with Gasteiger partial charge in [-0.25, -0.2) is 4.79 Å². The first-order valence-corrected chi connectivity index (χ1v) is 8.50. The van der Waals surface area contributed by atoms with Crippen molar-refractivity contribution < 1.29 is 9.59 Å². The number of nitrogens with one attached hydrogen (secondary N) is 1. The fourth-order valence-electron chi connectivity index (χ4n) is 3.59. The van der Waals surface area contributed by atoms with Crippen LogP contribution in [0.15, 0.2) is 54.6 Å². The molecule has 0 aromatic heterocycles. The summed E-state index contributed by atoms with van der Waals surface area (Å²) in [6, 6.07) is 18.5. The minimum Gasteiger partial charge on any atom is -0.329 e. The molecular weight excluding hydrogens is 328 g/mol. The molecule has 6 nitrogen and oxygen atoms in total. The molecule has 2 aromatic carbocycles. The Morgan fingerprint density at radius 1 is 1.12 bits per heavy atom. The van der Waals surface area contributed by atoms with Gasteiger partial charge in [-0.05, 0) is 29.8 Å². The molecule has 1 N–H and O–H groups in total. The summed E-state index contributed by atoms with van der Waals surface area (Å²) >= 11 is 0. The van der Waals surface area contributed by atoms with E-state index in [1.165, 1.54) is 0 Å². The lowest BCUT2D eigenvalue weighted by Crippen LogP contribution is -2.79. The molecule has 26 heavy (non-hydrogen) atoms. The monoisotopic (exact) mass is 346 g/mol. The van der Waals surface area contributed by atoms with E-state index in [0.29, 0.717) is 37.3 Å². The van der Waals surface area contributed by atoms with E-state index in [1.54, 1.807) is 29.2 Å². The van der Waals surface area contributed by atoms with Gasteiger partial charge in [0.1, 0.15) is 0 Å². The van der Waals surface area contributed by atoms with Gasteiger partial charge in [-0.3, -0.25) is 4.79 Å². The Labute approximate surface area is 151 Å². The molecule has 1 spiro atoms. The maximum absolute atomic E-state index is 12.4. The lowest BCUT2D eigenvalue weighted by Gasteiger charge is -2.61. The summed E-state index contributed by atoms with van der Waals surface area (Å²) in [5.74, 6) is 0.140. The average molecular weight is 346 g/mol. The second kappa shape index (κ2) is 6.19. The normalized spacial score (nSPS) is 17.3. The zero-order valence-corrected chi connectivity index (χ0v) is 14.2. The third-order valence-electron chi connectivity index (χ3n) is 5.06. The molecule has 130 valence electrons. The number of anilines is 1. The van der Waals surface area contributed by atoms with Crippen LogP contribution in [0.1, 0.15) is 17.5 Å². The fourth-order valence-corrected chi connectivity index (χ4v) is 3.59. The van der Waals surface area contributed by atoms with Crippen molar-refractivity contribution in [1.82, 2.24) is 9.80 Å². The third kappa shape index (κ3) is 2.78. The van der Waals surface area contributed by atoms with Gasteiger partial charge < -0.3 is 15.1 Å². The van der Waals surface area contributed by atoms with E-state index in [4.69, 9.17) is 5.26 Å². The van der Waals surface area contributed by atoms with Crippen molar-refractivity contribution in [2.24, 2.45) is 0 Å². The number of nitrogens with zero attached hydrogens (tertiary/aromatic N) is 3. The lowest BCUT2D eigenvalue weighted by molar-refractivity contribution is -0.172. The molecule has 0 aliphatic carbocycles. The highest BCUT2D eigenvalue weighted by Crippen LogP contribution is 2.41. The number of amides is 3. The van der Waals surface area contributed by atoms with Crippen LogP contribution < -0.4 is 5.32 Å². The van der Waals surface area contributed by atoms with Gasteiger partial charge in [0, 0.05) is 25.3 Å². The van der Waals surface area contributed by atoms with Crippen molar-refractivity contribution in [3.63, 3.8) is 0 Å². The zero-order valence-electron chi connectivity index (χ0n) is 14.2. The summed E-state index contributed by atoms with van der Waals surface area (Å²) < 4.78 is 0. The number of hydrogen-bond acceptors (Lipinski definition) is 3. The molecule has 2 fully saturated rings. The maximum Gasteiger partial charge on any atom is 0.322 e. The molecule has 0 radical (unpaired) electrons. The predicted octanol–water partition coefficient (Wildman–Crippen LogP) is 2.58. The molecule has 0 saturated carbocycles. The summed E-state index contributed by atoms with van der Waals surface area (Å²) in [5, 5.41) is 11.6. The SMILES string of the molecule is N#Cc1ccc(NC(=O)N2CC3(CC(=O)N3Cc3ccccc3)C2)cc1. The molecule has 2 aliphatic rings. The number of benzene rings is 2. The minimum atomic E-state index is -0.213. The molecule has 2 heterocycles. The molecule has 6 heteroatoms. The van der Waals surface area contributed by atoms with Crippen molar-refractivity contribution in [3.8, 4) is 6.07 Å². The van der Waals surface area contributed by atoms with Crippen LogP contribution in [-0.2, 0) is 11.3 Å². The van der Waals surface area contributed by atoms with Gasteiger partial charge in [-0.1, -0.05) is 30.3 Å². The smallest absolute Gasteiger partial charge is 0.322 e. The quantitative estimate of drug-likeness (QED) is 0.868. The maximum atomic E-state index is 12.4.